The van der Waals surface area contributed by atoms with E-state index < -0.39 is 23.5 Å². The molecule has 1 amide bonds. The van der Waals surface area contributed by atoms with E-state index in [1.165, 1.54) is 11.9 Å². The van der Waals surface area contributed by atoms with Gasteiger partial charge in [0.15, 0.2) is 0 Å². The van der Waals surface area contributed by atoms with Crippen LogP contribution in [-0.2, 0) is 6.18 Å². The number of rotatable bonds is 4. The van der Waals surface area contributed by atoms with Crippen LogP contribution in [0.5, 0.6) is 0 Å². The molecule has 0 aliphatic carbocycles. The van der Waals surface area contributed by atoms with Crippen LogP contribution in [0.2, 0.25) is 0 Å². The number of alkyl halides is 3. The molecule has 0 aliphatic rings. The predicted molar refractivity (Wildman–Crippen MR) is 66.6 cm³/mol. The van der Waals surface area contributed by atoms with Crippen molar-refractivity contribution in [1.29, 1.82) is 0 Å². The molecular formula is C13H16F4N2O. The van der Waals surface area contributed by atoms with E-state index in [4.69, 9.17) is 5.73 Å². The maximum atomic E-state index is 13.1. The van der Waals surface area contributed by atoms with Crippen molar-refractivity contribution in [2.24, 2.45) is 11.7 Å². The summed E-state index contributed by atoms with van der Waals surface area (Å²) in [4.78, 5) is 13.3. The van der Waals surface area contributed by atoms with Crippen molar-refractivity contribution in [2.75, 3.05) is 20.1 Å². The Morgan fingerprint density at radius 3 is 2.50 bits per heavy atom. The van der Waals surface area contributed by atoms with Gasteiger partial charge in [0.2, 0.25) is 0 Å². The summed E-state index contributed by atoms with van der Waals surface area (Å²) >= 11 is 0. The molecule has 0 radical (unpaired) electrons. The smallest absolute Gasteiger partial charge is 0.341 e. The maximum absolute atomic E-state index is 13.1. The van der Waals surface area contributed by atoms with Crippen LogP contribution in [0.25, 0.3) is 0 Å². The van der Waals surface area contributed by atoms with E-state index in [-0.39, 0.29) is 11.5 Å². The lowest BCUT2D eigenvalue weighted by molar-refractivity contribution is -0.140. The fourth-order valence-electron chi connectivity index (χ4n) is 1.72. The summed E-state index contributed by atoms with van der Waals surface area (Å²) in [5.74, 6) is -1.98. The Morgan fingerprint density at radius 1 is 1.40 bits per heavy atom. The molecule has 0 spiro atoms. The number of nitrogens with zero attached hydrogens (tertiary/aromatic N) is 1. The summed E-state index contributed by atoms with van der Waals surface area (Å²) in [5.41, 5.74) is 3.78. The Labute approximate surface area is 114 Å². The van der Waals surface area contributed by atoms with Crippen LogP contribution in [0.3, 0.4) is 0 Å². The lowest BCUT2D eigenvalue weighted by atomic mass is 10.1. The number of nitrogens with two attached hydrogens (primary N) is 1. The molecule has 1 unspecified atom stereocenters. The van der Waals surface area contributed by atoms with E-state index in [1.54, 1.807) is 0 Å². The van der Waals surface area contributed by atoms with Crippen LogP contribution in [0.1, 0.15) is 22.8 Å². The van der Waals surface area contributed by atoms with Gasteiger partial charge < -0.3 is 10.6 Å². The van der Waals surface area contributed by atoms with E-state index in [2.05, 4.69) is 0 Å². The summed E-state index contributed by atoms with van der Waals surface area (Å²) < 4.78 is 50.9. The summed E-state index contributed by atoms with van der Waals surface area (Å²) in [5, 5.41) is 0. The lowest BCUT2D eigenvalue weighted by Crippen LogP contribution is -2.33. The molecule has 0 fully saturated rings. The fourth-order valence-corrected chi connectivity index (χ4v) is 1.72. The second kappa shape index (κ2) is 6.21. The number of carbonyl (C=O) groups excluding carboxylic acids is 1. The molecule has 2 N–H and O–H groups in total. The van der Waals surface area contributed by atoms with Gasteiger partial charge in [0.05, 0.1) is 5.56 Å². The van der Waals surface area contributed by atoms with Gasteiger partial charge in [-0.25, -0.2) is 4.39 Å². The zero-order valence-corrected chi connectivity index (χ0v) is 11.2. The van der Waals surface area contributed by atoms with Crippen LogP contribution >= 0.6 is 0 Å². The molecule has 1 atom stereocenters. The number of hydrogen-bond acceptors (Lipinski definition) is 2. The van der Waals surface area contributed by atoms with Gasteiger partial charge in [-0.2, -0.15) is 13.2 Å². The highest BCUT2D eigenvalue weighted by molar-refractivity contribution is 5.94. The fraction of sp³-hybridized carbons (Fsp3) is 0.462. The third kappa shape index (κ3) is 3.93. The molecule has 0 aliphatic heterocycles. The SMILES string of the molecule is CC(CN)CN(C)C(=O)c1ccc(F)c(C(F)(F)F)c1. The van der Waals surface area contributed by atoms with Gasteiger partial charge in [0.25, 0.3) is 5.91 Å². The van der Waals surface area contributed by atoms with Crippen LogP contribution < -0.4 is 5.73 Å². The van der Waals surface area contributed by atoms with Gasteiger partial charge >= 0.3 is 6.18 Å². The summed E-state index contributed by atoms with van der Waals surface area (Å²) in [7, 11) is 1.46. The monoisotopic (exact) mass is 292 g/mol. The molecule has 0 aromatic heterocycles. The molecule has 112 valence electrons. The molecule has 1 aromatic carbocycles. The standard InChI is InChI=1S/C13H16F4N2O/c1-8(6-18)7-19(2)12(20)9-3-4-11(14)10(5-9)13(15,16)17/h3-5,8H,6-7,18H2,1-2H3. The minimum Gasteiger partial charge on any atom is -0.341 e. The van der Waals surface area contributed by atoms with Crippen molar-refractivity contribution < 1.29 is 22.4 Å². The van der Waals surface area contributed by atoms with Gasteiger partial charge in [0.1, 0.15) is 5.82 Å². The van der Waals surface area contributed by atoms with E-state index in [0.29, 0.717) is 25.2 Å². The Balaban J connectivity index is 3.00. The zero-order valence-electron chi connectivity index (χ0n) is 11.2. The first-order valence-electron chi connectivity index (χ1n) is 5.99. The van der Waals surface area contributed by atoms with E-state index in [1.807, 2.05) is 6.92 Å². The minimum atomic E-state index is -4.83. The van der Waals surface area contributed by atoms with Gasteiger partial charge in [-0.05, 0) is 30.7 Å². The second-order valence-electron chi connectivity index (χ2n) is 4.72. The predicted octanol–water partition coefficient (Wildman–Crippen LogP) is 2.51. The molecule has 3 nitrogen and oxygen atoms in total. The van der Waals surface area contributed by atoms with E-state index >= 15 is 0 Å². The number of hydrogen-bond donors (Lipinski definition) is 1. The zero-order chi connectivity index (χ0) is 15.5. The van der Waals surface area contributed by atoms with Crippen molar-refractivity contribution in [1.82, 2.24) is 4.90 Å². The third-order valence-corrected chi connectivity index (χ3v) is 2.85. The Bertz CT molecular complexity index is 488. The summed E-state index contributed by atoms with van der Waals surface area (Å²) in [6, 6.07) is 2.22. The van der Waals surface area contributed by atoms with Gasteiger partial charge in [-0.3, -0.25) is 4.79 Å². The maximum Gasteiger partial charge on any atom is 0.419 e. The lowest BCUT2D eigenvalue weighted by Gasteiger charge is -2.21. The molecule has 7 heteroatoms. The number of carbonyl (C=O) groups is 1. The van der Waals surface area contributed by atoms with Crippen LogP contribution in [-0.4, -0.2) is 30.9 Å². The molecular weight excluding hydrogens is 276 g/mol. The largest absolute Gasteiger partial charge is 0.419 e. The van der Waals surface area contributed by atoms with Crippen LogP contribution in [0.4, 0.5) is 17.6 Å². The summed E-state index contributed by atoms with van der Waals surface area (Å²) in [6.07, 6.45) is -4.83. The van der Waals surface area contributed by atoms with Gasteiger partial charge in [-0.1, -0.05) is 6.92 Å². The highest BCUT2D eigenvalue weighted by Crippen LogP contribution is 2.32. The number of halogens is 4. The van der Waals surface area contributed by atoms with Crippen molar-refractivity contribution in [3.05, 3.63) is 35.1 Å². The van der Waals surface area contributed by atoms with Gasteiger partial charge in [-0.15, -0.1) is 0 Å². The molecule has 0 heterocycles. The molecule has 0 saturated heterocycles. The van der Waals surface area contributed by atoms with Crippen molar-refractivity contribution in [3.63, 3.8) is 0 Å². The van der Waals surface area contributed by atoms with Crippen molar-refractivity contribution in [2.45, 2.75) is 13.1 Å². The Morgan fingerprint density at radius 2 is 2.00 bits per heavy atom. The Kier molecular flexibility index (Phi) is 5.10. The normalized spacial score (nSPS) is 13.2. The first kappa shape index (κ1) is 16.4. The minimum absolute atomic E-state index is 0.0199. The van der Waals surface area contributed by atoms with Crippen LogP contribution in [0.15, 0.2) is 18.2 Å². The number of amides is 1. The second-order valence-corrected chi connectivity index (χ2v) is 4.72. The van der Waals surface area contributed by atoms with Gasteiger partial charge in [0, 0.05) is 19.2 Å². The van der Waals surface area contributed by atoms with Crippen LogP contribution in [0, 0.1) is 11.7 Å². The van der Waals surface area contributed by atoms with E-state index in [0.717, 1.165) is 6.07 Å². The average molecular weight is 292 g/mol. The first-order chi connectivity index (χ1) is 9.16. The molecule has 1 rings (SSSR count). The average Bonchev–Trinajstić information content (AvgIpc) is 2.36. The quantitative estimate of drug-likeness (QED) is 0.867. The number of benzene rings is 1. The highest BCUT2D eigenvalue weighted by atomic mass is 19.4. The third-order valence-electron chi connectivity index (χ3n) is 2.85. The van der Waals surface area contributed by atoms with Crippen molar-refractivity contribution >= 4 is 5.91 Å². The van der Waals surface area contributed by atoms with Crippen molar-refractivity contribution in [3.8, 4) is 0 Å². The molecule has 0 bridgehead atoms. The molecule has 20 heavy (non-hydrogen) atoms. The molecule has 1 aromatic rings. The topological polar surface area (TPSA) is 46.3 Å². The highest BCUT2D eigenvalue weighted by Gasteiger charge is 2.34. The Hall–Kier alpha value is -1.63. The molecule has 0 saturated carbocycles. The first-order valence-corrected chi connectivity index (χ1v) is 5.99. The summed E-state index contributed by atoms with van der Waals surface area (Å²) in [6.45, 7) is 2.48. The van der Waals surface area contributed by atoms with E-state index in [9.17, 15) is 22.4 Å².